The number of ether oxygens (including phenoxy) is 1. The largest absolute Gasteiger partial charge is 0.492 e. The number of carboxylic acid groups (broad SMARTS) is 1. The Morgan fingerprint density at radius 2 is 1.69 bits per heavy atom. The Balaban J connectivity index is 1.44. The molecule has 3 N–H and O–H groups in total. The number of amides is 2. The van der Waals surface area contributed by atoms with Gasteiger partial charge in [0.1, 0.15) is 29.2 Å². The van der Waals surface area contributed by atoms with Crippen molar-refractivity contribution in [1.82, 2.24) is 5.32 Å². The maximum atomic E-state index is 13.6. The molecule has 36 heavy (non-hydrogen) atoms. The molecule has 2 amide bonds. The maximum absolute atomic E-state index is 13.6. The van der Waals surface area contributed by atoms with Gasteiger partial charge in [0.15, 0.2) is 0 Å². The average Bonchev–Trinajstić information content (AvgIpc) is 2.84. The molecule has 0 fully saturated rings. The molecule has 0 spiro atoms. The first-order chi connectivity index (χ1) is 17.2. The molecule has 0 saturated carbocycles. The van der Waals surface area contributed by atoms with Crippen LogP contribution in [0.5, 0.6) is 5.75 Å². The van der Waals surface area contributed by atoms with Crippen LogP contribution in [0.25, 0.3) is 0 Å². The minimum atomic E-state index is -0.877. The van der Waals surface area contributed by atoms with E-state index in [2.05, 4.69) is 24.5 Å². The molecular weight excluding hydrogens is 486 g/mol. The molecule has 1 atom stereocenters. The molecule has 0 aliphatic rings. The number of nitrogens with one attached hydrogen (secondary N) is 2. The van der Waals surface area contributed by atoms with Gasteiger partial charge in [0, 0.05) is 11.0 Å². The predicted octanol–water partition coefficient (Wildman–Crippen LogP) is 6.08. The summed E-state index contributed by atoms with van der Waals surface area (Å²) in [6.07, 6.45) is 0.355. The van der Waals surface area contributed by atoms with Crippen molar-refractivity contribution >= 4 is 29.4 Å². The highest BCUT2D eigenvalue weighted by molar-refractivity contribution is 8.00. The molecule has 190 valence electrons. The van der Waals surface area contributed by atoms with Gasteiger partial charge in [-0.25, -0.2) is 13.6 Å². The Hall–Kier alpha value is -3.59. The van der Waals surface area contributed by atoms with Crippen molar-refractivity contribution in [3.8, 4) is 5.75 Å². The Labute approximate surface area is 213 Å². The van der Waals surface area contributed by atoms with Crippen LogP contribution in [-0.4, -0.2) is 35.5 Å². The van der Waals surface area contributed by atoms with Crippen LogP contribution in [0.2, 0.25) is 0 Å². The van der Waals surface area contributed by atoms with Gasteiger partial charge in [-0.1, -0.05) is 38.1 Å². The Morgan fingerprint density at radius 1 is 1.00 bits per heavy atom. The van der Waals surface area contributed by atoms with E-state index in [1.807, 2.05) is 36.4 Å². The standard InChI is InChI=1S/C27H28F2N2O4S/c1-17(2)19-5-10-22(11-6-19)36-25(26(32)33)15-18-3-8-21(9-4-18)35-14-13-30-27(34)31-24-12-7-20(28)16-23(24)29/h3-12,16-17,25H,13-15H2,1-2H3,(H,32,33)(H2,30,31,34). The normalized spacial score (nSPS) is 11.7. The lowest BCUT2D eigenvalue weighted by Crippen LogP contribution is -2.32. The zero-order valence-electron chi connectivity index (χ0n) is 20.0. The first kappa shape index (κ1) is 27.0. The number of rotatable bonds is 11. The van der Waals surface area contributed by atoms with Crippen molar-refractivity contribution in [3.63, 3.8) is 0 Å². The van der Waals surface area contributed by atoms with Gasteiger partial charge in [-0.05, 0) is 59.9 Å². The minimum Gasteiger partial charge on any atom is -0.492 e. The summed E-state index contributed by atoms with van der Waals surface area (Å²) in [7, 11) is 0. The predicted molar refractivity (Wildman–Crippen MR) is 137 cm³/mol. The second-order valence-electron chi connectivity index (χ2n) is 8.37. The molecule has 0 saturated heterocycles. The van der Waals surface area contributed by atoms with E-state index in [0.29, 0.717) is 24.2 Å². The monoisotopic (exact) mass is 514 g/mol. The minimum absolute atomic E-state index is 0.129. The topological polar surface area (TPSA) is 87.7 Å². The molecule has 6 nitrogen and oxygen atoms in total. The first-order valence-electron chi connectivity index (χ1n) is 11.4. The number of hydrogen-bond acceptors (Lipinski definition) is 4. The van der Waals surface area contributed by atoms with Crippen LogP contribution in [0.4, 0.5) is 19.3 Å². The van der Waals surface area contributed by atoms with Gasteiger partial charge >= 0.3 is 12.0 Å². The third-order valence-electron chi connectivity index (χ3n) is 5.28. The molecule has 1 unspecified atom stereocenters. The second-order valence-corrected chi connectivity index (χ2v) is 9.65. The summed E-state index contributed by atoms with van der Waals surface area (Å²) < 4.78 is 32.1. The smallest absolute Gasteiger partial charge is 0.319 e. The fourth-order valence-electron chi connectivity index (χ4n) is 3.30. The van der Waals surface area contributed by atoms with Crippen LogP contribution in [-0.2, 0) is 11.2 Å². The Kier molecular flexibility index (Phi) is 9.69. The molecule has 0 aliphatic carbocycles. The van der Waals surface area contributed by atoms with Gasteiger partial charge in [0.2, 0.25) is 0 Å². The molecule has 0 bridgehead atoms. The van der Waals surface area contributed by atoms with Gasteiger partial charge < -0.3 is 20.5 Å². The van der Waals surface area contributed by atoms with Crippen molar-refractivity contribution in [2.24, 2.45) is 0 Å². The summed E-state index contributed by atoms with van der Waals surface area (Å²) in [5, 5.41) is 13.9. The maximum Gasteiger partial charge on any atom is 0.319 e. The van der Waals surface area contributed by atoms with Crippen LogP contribution in [0.1, 0.15) is 30.9 Å². The van der Waals surface area contributed by atoms with Crippen LogP contribution >= 0.6 is 11.8 Å². The van der Waals surface area contributed by atoms with E-state index in [1.54, 1.807) is 12.1 Å². The zero-order valence-corrected chi connectivity index (χ0v) is 20.8. The third-order valence-corrected chi connectivity index (χ3v) is 6.48. The van der Waals surface area contributed by atoms with E-state index >= 15 is 0 Å². The third kappa shape index (κ3) is 8.27. The average molecular weight is 515 g/mol. The fraction of sp³-hybridized carbons (Fsp3) is 0.259. The number of aliphatic carboxylic acids is 1. The molecular formula is C27H28F2N2O4S. The van der Waals surface area contributed by atoms with Crippen molar-refractivity contribution in [2.45, 2.75) is 36.3 Å². The van der Waals surface area contributed by atoms with Crippen LogP contribution in [0.3, 0.4) is 0 Å². The van der Waals surface area contributed by atoms with E-state index in [1.165, 1.54) is 17.3 Å². The number of carbonyl (C=O) groups excluding carboxylic acids is 1. The number of urea groups is 1. The number of carbonyl (C=O) groups is 2. The van der Waals surface area contributed by atoms with Gasteiger partial charge in [-0.15, -0.1) is 11.8 Å². The Morgan fingerprint density at radius 3 is 2.31 bits per heavy atom. The van der Waals surface area contributed by atoms with E-state index in [9.17, 15) is 23.5 Å². The summed E-state index contributed by atoms with van der Waals surface area (Å²) >= 11 is 1.32. The first-order valence-corrected chi connectivity index (χ1v) is 12.3. The lowest BCUT2D eigenvalue weighted by atomic mass is 10.0. The van der Waals surface area contributed by atoms with Crippen molar-refractivity contribution in [1.29, 1.82) is 0 Å². The lowest BCUT2D eigenvalue weighted by Gasteiger charge is -2.14. The number of anilines is 1. The molecule has 3 rings (SSSR count). The molecule has 3 aromatic carbocycles. The molecule has 0 heterocycles. The highest BCUT2D eigenvalue weighted by atomic mass is 32.2. The number of hydrogen-bond donors (Lipinski definition) is 3. The summed E-state index contributed by atoms with van der Waals surface area (Å²) in [6, 6.07) is 17.3. The molecule has 0 radical (unpaired) electrons. The van der Waals surface area contributed by atoms with E-state index in [4.69, 9.17) is 4.74 Å². The highest BCUT2D eigenvalue weighted by Gasteiger charge is 2.20. The van der Waals surface area contributed by atoms with E-state index in [0.717, 1.165) is 22.6 Å². The van der Waals surface area contributed by atoms with Crippen LogP contribution in [0.15, 0.2) is 71.6 Å². The van der Waals surface area contributed by atoms with Gasteiger partial charge in [-0.2, -0.15) is 0 Å². The van der Waals surface area contributed by atoms with Gasteiger partial charge in [0.05, 0.1) is 12.2 Å². The van der Waals surface area contributed by atoms with Crippen molar-refractivity contribution in [3.05, 3.63) is 89.5 Å². The van der Waals surface area contributed by atoms with Crippen molar-refractivity contribution in [2.75, 3.05) is 18.5 Å². The lowest BCUT2D eigenvalue weighted by molar-refractivity contribution is -0.136. The van der Waals surface area contributed by atoms with E-state index in [-0.39, 0.29) is 18.8 Å². The van der Waals surface area contributed by atoms with Crippen LogP contribution in [0, 0.1) is 11.6 Å². The zero-order chi connectivity index (χ0) is 26.1. The number of benzene rings is 3. The summed E-state index contributed by atoms with van der Waals surface area (Å²) in [5.41, 5.74) is 1.94. The molecule has 9 heteroatoms. The number of carboxylic acids is 1. The van der Waals surface area contributed by atoms with E-state index < -0.39 is 28.9 Å². The number of thioether (sulfide) groups is 1. The fourth-order valence-corrected chi connectivity index (χ4v) is 4.30. The van der Waals surface area contributed by atoms with Crippen molar-refractivity contribution < 1.29 is 28.2 Å². The van der Waals surface area contributed by atoms with Gasteiger partial charge in [-0.3, -0.25) is 4.79 Å². The molecule has 0 aromatic heterocycles. The Bertz CT molecular complexity index is 1170. The second kappa shape index (κ2) is 12.9. The summed E-state index contributed by atoms with van der Waals surface area (Å²) in [6.45, 7) is 4.55. The quantitative estimate of drug-likeness (QED) is 0.213. The van der Waals surface area contributed by atoms with Gasteiger partial charge in [0.25, 0.3) is 0 Å². The highest BCUT2D eigenvalue weighted by Crippen LogP contribution is 2.28. The summed E-state index contributed by atoms with van der Waals surface area (Å²) in [4.78, 5) is 24.6. The number of halogens is 2. The molecule has 3 aromatic rings. The molecule has 0 aliphatic heterocycles. The SMILES string of the molecule is CC(C)c1ccc(SC(Cc2ccc(OCCNC(=O)Nc3ccc(F)cc3F)cc2)C(=O)O)cc1. The van der Waals surface area contributed by atoms with Crippen LogP contribution < -0.4 is 15.4 Å². The summed E-state index contributed by atoms with van der Waals surface area (Å²) in [5.74, 6) is -1.49.